The molecular formula is C15H27N. The molecule has 1 aliphatic heterocycles. The van der Waals surface area contributed by atoms with Crippen LogP contribution in [0.3, 0.4) is 0 Å². The molecular weight excluding hydrogens is 194 g/mol. The second-order valence-corrected chi connectivity index (χ2v) is 5.34. The average Bonchev–Trinajstić information content (AvgIpc) is 2.22. The first-order chi connectivity index (χ1) is 7.47. The molecule has 1 rings (SSSR count). The first-order valence-corrected chi connectivity index (χ1v) is 6.55. The van der Waals surface area contributed by atoms with Gasteiger partial charge in [-0.15, -0.1) is 0 Å². The van der Waals surface area contributed by atoms with Gasteiger partial charge >= 0.3 is 0 Å². The Labute approximate surface area is 101 Å². The van der Waals surface area contributed by atoms with Gasteiger partial charge in [0, 0.05) is 19.1 Å². The number of likely N-dealkylation sites (tertiary alicyclic amines) is 1. The van der Waals surface area contributed by atoms with E-state index in [1.165, 1.54) is 29.8 Å². The second kappa shape index (κ2) is 5.67. The molecule has 1 nitrogen and oxygen atoms in total. The summed E-state index contributed by atoms with van der Waals surface area (Å²) in [4.78, 5) is 2.57. The number of allylic oxidation sites excluding steroid dienone is 3. The summed E-state index contributed by atoms with van der Waals surface area (Å²) in [5.74, 6) is 0.892. The van der Waals surface area contributed by atoms with E-state index in [-0.39, 0.29) is 0 Å². The fraction of sp³-hybridized carbons (Fsp3) is 0.733. The Kier molecular flexibility index (Phi) is 4.79. The molecule has 1 saturated heterocycles. The molecule has 0 aromatic carbocycles. The highest BCUT2D eigenvalue weighted by Crippen LogP contribution is 2.25. The van der Waals surface area contributed by atoms with E-state index in [9.17, 15) is 0 Å². The van der Waals surface area contributed by atoms with Crippen molar-refractivity contribution in [2.24, 2.45) is 5.92 Å². The molecule has 1 heteroatoms. The first-order valence-electron chi connectivity index (χ1n) is 6.55. The van der Waals surface area contributed by atoms with Gasteiger partial charge in [-0.1, -0.05) is 31.1 Å². The van der Waals surface area contributed by atoms with Gasteiger partial charge in [0.2, 0.25) is 0 Å². The monoisotopic (exact) mass is 221 g/mol. The third kappa shape index (κ3) is 2.98. The molecule has 0 aliphatic carbocycles. The first kappa shape index (κ1) is 13.5. The van der Waals surface area contributed by atoms with E-state index in [1.807, 2.05) is 0 Å². The van der Waals surface area contributed by atoms with Gasteiger partial charge in [-0.2, -0.15) is 0 Å². The maximum absolute atomic E-state index is 2.57. The third-order valence-corrected chi connectivity index (χ3v) is 3.96. The highest BCUT2D eigenvalue weighted by molar-refractivity contribution is 5.33. The number of hydrogen-bond acceptors (Lipinski definition) is 1. The molecule has 0 saturated carbocycles. The molecule has 1 aliphatic rings. The van der Waals surface area contributed by atoms with E-state index in [2.05, 4.69) is 52.5 Å². The van der Waals surface area contributed by atoms with Gasteiger partial charge in [0.15, 0.2) is 0 Å². The van der Waals surface area contributed by atoms with E-state index in [1.54, 1.807) is 0 Å². The minimum atomic E-state index is 0.608. The molecule has 1 unspecified atom stereocenters. The van der Waals surface area contributed by atoms with E-state index in [0.29, 0.717) is 6.04 Å². The largest absolute Gasteiger partial charge is 0.296 e. The zero-order chi connectivity index (χ0) is 12.3. The molecule has 0 amide bonds. The van der Waals surface area contributed by atoms with Gasteiger partial charge in [0.25, 0.3) is 0 Å². The van der Waals surface area contributed by atoms with Gasteiger partial charge in [-0.3, -0.25) is 4.90 Å². The summed E-state index contributed by atoms with van der Waals surface area (Å²) in [6, 6.07) is 0.608. The zero-order valence-corrected chi connectivity index (χ0v) is 11.8. The molecule has 0 bridgehead atoms. The average molecular weight is 221 g/mol. The Morgan fingerprint density at radius 2 is 1.88 bits per heavy atom. The summed E-state index contributed by atoms with van der Waals surface area (Å²) in [5.41, 5.74) is 4.46. The number of rotatable bonds is 4. The molecule has 1 fully saturated rings. The lowest BCUT2D eigenvalue weighted by Gasteiger charge is -2.42. The predicted molar refractivity (Wildman–Crippen MR) is 72.6 cm³/mol. The van der Waals surface area contributed by atoms with Gasteiger partial charge in [0.1, 0.15) is 0 Å². The Hall–Kier alpha value is -0.560. The Morgan fingerprint density at radius 1 is 1.31 bits per heavy atom. The minimum absolute atomic E-state index is 0.608. The van der Waals surface area contributed by atoms with Gasteiger partial charge in [0.05, 0.1) is 0 Å². The smallest absolute Gasteiger partial charge is 0.0282 e. The summed E-state index contributed by atoms with van der Waals surface area (Å²) in [5, 5.41) is 0. The van der Waals surface area contributed by atoms with Crippen LogP contribution in [-0.2, 0) is 0 Å². The summed E-state index contributed by atoms with van der Waals surface area (Å²) in [6.45, 7) is 16.2. The van der Waals surface area contributed by atoms with Crippen molar-refractivity contribution in [2.75, 3.05) is 13.1 Å². The van der Waals surface area contributed by atoms with Crippen LogP contribution in [0.4, 0.5) is 0 Å². The van der Waals surface area contributed by atoms with Crippen molar-refractivity contribution < 1.29 is 0 Å². The van der Waals surface area contributed by atoms with E-state index in [0.717, 1.165) is 12.3 Å². The Morgan fingerprint density at radius 3 is 2.31 bits per heavy atom. The third-order valence-electron chi connectivity index (χ3n) is 3.96. The van der Waals surface area contributed by atoms with Crippen LogP contribution < -0.4 is 0 Å². The van der Waals surface area contributed by atoms with Crippen molar-refractivity contribution in [2.45, 2.75) is 54.0 Å². The van der Waals surface area contributed by atoms with Gasteiger partial charge in [-0.05, 0) is 45.6 Å². The molecule has 0 aromatic heterocycles. The van der Waals surface area contributed by atoms with E-state index in [4.69, 9.17) is 0 Å². The fourth-order valence-corrected chi connectivity index (χ4v) is 2.42. The van der Waals surface area contributed by atoms with E-state index < -0.39 is 0 Å². The molecule has 0 N–H and O–H groups in total. The second-order valence-electron chi connectivity index (χ2n) is 5.34. The van der Waals surface area contributed by atoms with Crippen LogP contribution in [0.2, 0.25) is 0 Å². The Balaban J connectivity index is 2.70. The summed E-state index contributed by atoms with van der Waals surface area (Å²) >= 11 is 0. The van der Waals surface area contributed by atoms with Crippen molar-refractivity contribution in [1.29, 1.82) is 0 Å². The van der Waals surface area contributed by atoms with Gasteiger partial charge < -0.3 is 0 Å². The number of nitrogens with zero attached hydrogens (tertiary/aromatic N) is 1. The standard InChI is InChI=1S/C15H27N/c1-7-8-12(3)13(4)14(5)15(6)16-9-11(2)10-16/h8,11,15H,7,9-10H2,1-6H3/b12-8-,14-13+. The highest BCUT2D eigenvalue weighted by Gasteiger charge is 2.27. The summed E-state index contributed by atoms with van der Waals surface area (Å²) < 4.78 is 0. The lowest BCUT2D eigenvalue weighted by molar-refractivity contribution is 0.0854. The predicted octanol–water partition coefficient (Wildman–Crippen LogP) is 4.02. The molecule has 1 heterocycles. The van der Waals surface area contributed by atoms with Crippen LogP contribution in [0.1, 0.15) is 48.0 Å². The maximum atomic E-state index is 2.57. The van der Waals surface area contributed by atoms with Crippen molar-refractivity contribution in [3.05, 3.63) is 22.8 Å². The summed E-state index contributed by atoms with van der Waals surface area (Å²) in [7, 11) is 0. The number of hydrogen-bond donors (Lipinski definition) is 0. The highest BCUT2D eigenvalue weighted by atomic mass is 15.2. The van der Waals surface area contributed by atoms with Crippen LogP contribution in [0.5, 0.6) is 0 Å². The SMILES string of the molecule is CC/C=C(C)\C(C)=C(/C)C(C)N1CC(C)C1. The summed E-state index contributed by atoms with van der Waals surface area (Å²) in [6.07, 6.45) is 3.45. The van der Waals surface area contributed by atoms with Crippen LogP contribution in [0.15, 0.2) is 22.8 Å². The van der Waals surface area contributed by atoms with Gasteiger partial charge in [-0.25, -0.2) is 0 Å². The van der Waals surface area contributed by atoms with Crippen LogP contribution in [0.25, 0.3) is 0 Å². The van der Waals surface area contributed by atoms with Crippen molar-refractivity contribution in [1.82, 2.24) is 4.90 Å². The molecule has 0 radical (unpaired) electrons. The lowest BCUT2D eigenvalue weighted by atomic mass is 9.93. The van der Waals surface area contributed by atoms with E-state index >= 15 is 0 Å². The van der Waals surface area contributed by atoms with Crippen LogP contribution in [-0.4, -0.2) is 24.0 Å². The zero-order valence-electron chi connectivity index (χ0n) is 11.8. The van der Waals surface area contributed by atoms with Crippen molar-refractivity contribution >= 4 is 0 Å². The molecule has 92 valence electrons. The van der Waals surface area contributed by atoms with Crippen molar-refractivity contribution in [3.63, 3.8) is 0 Å². The normalized spacial score (nSPS) is 22.8. The quantitative estimate of drug-likeness (QED) is 0.648. The molecule has 16 heavy (non-hydrogen) atoms. The lowest BCUT2D eigenvalue weighted by Crippen LogP contribution is -2.50. The van der Waals surface area contributed by atoms with Crippen LogP contribution >= 0.6 is 0 Å². The Bertz CT molecular complexity index is 293. The maximum Gasteiger partial charge on any atom is 0.0282 e. The molecule has 1 atom stereocenters. The molecule has 0 spiro atoms. The topological polar surface area (TPSA) is 3.24 Å². The fourth-order valence-electron chi connectivity index (χ4n) is 2.42. The minimum Gasteiger partial charge on any atom is -0.296 e. The van der Waals surface area contributed by atoms with Crippen LogP contribution in [0, 0.1) is 5.92 Å². The molecule has 0 aromatic rings. The van der Waals surface area contributed by atoms with Crippen molar-refractivity contribution in [3.8, 4) is 0 Å².